The number of halogens is 1. The van der Waals surface area contributed by atoms with E-state index in [4.69, 9.17) is 21.7 Å². The van der Waals surface area contributed by atoms with Crippen LogP contribution in [0.3, 0.4) is 0 Å². The number of hydrogen-bond acceptors (Lipinski definition) is 5. The Morgan fingerprint density at radius 3 is 2.68 bits per heavy atom. The molecule has 28 heavy (non-hydrogen) atoms. The number of aromatic nitrogens is 3. The maximum atomic E-state index is 6.08. The summed E-state index contributed by atoms with van der Waals surface area (Å²) in [5.74, 6) is 2.17. The lowest BCUT2D eigenvalue weighted by Gasteiger charge is -2.16. The van der Waals surface area contributed by atoms with Crippen molar-refractivity contribution in [2.75, 3.05) is 12.0 Å². The Hall–Kier alpha value is -2.32. The van der Waals surface area contributed by atoms with E-state index < -0.39 is 0 Å². The van der Waals surface area contributed by atoms with Gasteiger partial charge in [-0.25, -0.2) is 4.68 Å². The maximum absolute atomic E-state index is 6.08. The van der Waals surface area contributed by atoms with E-state index in [2.05, 4.69) is 56.7 Å². The van der Waals surface area contributed by atoms with Crippen LogP contribution in [0.1, 0.15) is 29.4 Å². The lowest BCUT2D eigenvalue weighted by molar-refractivity contribution is 0.267. The molecule has 0 fully saturated rings. The third kappa shape index (κ3) is 4.94. The molecule has 0 bridgehead atoms. The summed E-state index contributed by atoms with van der Waals surface area (Å²) in [6, 6.07) is 12.3. The molecule has 0 amide bonds. The average Bonchev–Trinajstić information content (AvgIpc) is 2.97. The van der Waals surface area contributed by atoms with Crippen molar-refractivity contribution in [3.8, 4) is 11.5 Å². The highest BCUT2D eigenvalue weighted by Gasteiger charge is 2.13. The highest BCUT2D eigenvalue weighted by molar-refractivity contribution is 9.10. The quantitative estimate of drug-likeness (QED) is 0.459. The molecule has 1 heterocycles. The number of aromatic amines is 1. The van der Waals surface area contributed by atoms with Crippen molar-refractivity contribution < 1.29 is 9.47 Å². The SMILES string of the molecule is CCOc1cc(CNn2c(C)n[nH]c2=S)cc(Br)c1OCc1cccc(C)c1. The van der Waals surface area contributed by atoms with Crippen molar-refractivity contribution in [3.63, 3.8) is 0 Å². The Labute approximate surface area is 178 Å². The van der Waals surface area contributed by atoms with Gasteiger partial charge in [-0.05, 0) is 72.2 Å². The van der Waals surface area contributed by atoms with Crippen molar-refractivity contribution >= 4 is 28.1 Å². The van der Waals surface area contributed by atoms with E-state index in [0.717, 1.165) is 21.4 Å². The smallest absolute Gasteiger partial charge is 0.214 e. The predicted molar refractivity (Wildman–Crippen MR) is 116 cm³/mol. The van der Waals surface area contributed by atoms with Crippen LogP contribution in [0, 0.1) is 18.6 Å². The van der Waals surface area contributed by atoms with E-state index in [1.165, 1.54) is 5.56 Å². The Kier molecular flexibility index (Phi) is 6.74. The topological polar surface area (TPSA) is 64.1 Å². The normalized spacial score (nSPS) is 10.7. The summed E-state index contributed by atoms with van der Waals surface area (Å²) in [6.45, 7) is 7.49. The molecule has 0 saturated heterocycles. The number of rotatable bonds is 8. The van der Waals surface area contributed by atoms with E-state index in [1.807, 2.05) is 32.0 Å². The minimum absolute atomic E-state index is 0.474. The molecular formula is C20H23BrN4O2S. The zero-order chi connectivity index (χ0) is 20.1. The lowest BCUT2D eigenvalue weighted by Crippen LogP contribution is -2.16. The van der Waals surface area contributed by atoms with Gasteiger partial charge in [-0.15, -0.1) is 0 Å². The van der Waals surface area contributed by atoms with Crippen molar-refractivity contribution in [1.29, 1.82) is 0 Å². The van der Waals surface area contributed by atoms with Gasteiger partial charge >= 0.3 is 0 Å². The Bertz CT molecular complexity index is 1020. The number of aryl methyl sites for hydroxylation is 2. The molecule has 0 aliphatic carbocycles. The molecule has 1 aromatic heterocycles. The van der Waals surface area contributed by atoms with Gasteiger partial charge in [-0.1, -0.05) is 29.8 Å². The van der Waals surface area contributed by atoms with Gasteiger partial charge in [0.25, 0.3) is 0 Å². The molecule has 0 atom stereocenters. The Morgan fingerprint density at radius 2 is 2.00 bits per heavy atom. The van der Waals surface area contributed by atoms with Crippen LogP contribution in [0.15, 0.2) is 40.9 Å². The minimum atomic E-state index is 0.474. The standard InChI is InChI=1S/C20H23BrN4O2S/c1-4-26-18-10-16(11-22-25-14(3)23-24-20(25)28)9-17(21)19(18)27-12-15-7-5-6-13(2)8-15/h5-10,22H,4,11-12H2,1-3H3,(H,24,28). The van der Waals surface area contributed by atoms with Crippen molar-refractivity contribution in [1.82, 2.24) is 14.9 Å². The van der Waals surface area contributed by atoms with Gasteiger partial charge in [-0.2, -0.15) is 5.10 Å². The van der Waals surface area contributed by atoms with Crippen LogP contribution in [0.25, 0.3) is 0 Å². The molecule has 0 aliphatic heterocycles. The van der Waals surface area contributed by atoms with Crippen LogP contribution < -0.4 is 14.9 Å². The second-order valence-electron chi connectivity index (χ2n) is 6.36. The van der Waals surface area contributed by atoms with E-state index >= 15 is 0 Å². The molecule has 2 N–H and O–H groups in total. The van der Waals surface area contributed by atoms with Gasteiger partial charge in [0.15, 0.2) is 11.5 Å². The van der Waals surface area contributed by atoms with Crippen molar-refractivity contribution in [2.45, 2.75) is 33.9 Å². The molecule has 3 rings (SSSR count). The van der Waals surface area contributed by atoms with Crippen LogP contribution in [0.5, 0.6) is 11.5 Å². The van der Waals surface area contributed by atoms with Crippen LogP contribution in [-0.2, 0) is 13.2 Å². The third-order valence-electron chi connectivity index (χ3n) is 4.12. The van der Waals surface area contributed by atoms with Gasteiger partial charge < -0.3 is 14.9 Å². The second-order valence-corrected chi connectivity index (χ2v) is 7.60. The maximum Gasteiger partial charge on any atom is 0.214 e. The molecule has 0 saturated carbocycles. The summed E-state index contributed by atoms with van der Waals surface area (Å²) in [7, 11) is 0. The molecule has 0 spiro atoms. The number of ether oxygens (including phenoxy) is 2. The van der Waals surface area contributed by atoms with E-state index in [9.17, 15) is 0 Å². The molecule has 0 unspecified atom stereocenters. The summed E-state index contributed by atoms with van der Waals surface area (Å²) >= 11 is 8.85. The number of hydrogen-bond donors (Lipinski definition) is 2. The summed E-state index contributed by atoms with van der Waals surface area (Å²) in [4.78, 5) is 0. The van der Waals surface area contributed by atoms with Gasteiger partial charge in [0, 0.05) is 0 Å². The number of nitrogens with one attached hydrogen (secondary N) is 2. The molecule has 148 valence electrons. The van der Waals surface area contributed by atoms with Crippen molar-refractivity contribution in [3.05, 3.63) is 68.2 Å². The molecule has 3 aromatic rings. The molecule has 8 heteroatoms. The molecule has 2 aromatic carbocycles. The largest absolute Gasteiger partial charge is 0.490 e. The fourth-order valence-corrected chi connectivity index (χ4v) is 3.66. The van der Waals surface area contributed by atoms with Gasteiger partial charge in [0.05, 0.1) is 17.6 Å². The zero-order valence-corrected chi connectivity index (χ0v) is 18.5. The first kappa shape index (κ1) is 20.4. The monoisotopic (exact) mass is 462 g/mol. The highest BCUT2D eigenvalue weighted by Crippen LogP contribution is 2.37. The van der Waals surface area contributed by atoms with Crippen LogP contribution >= 0.6 is 28.1 Å². The third-order valence-corrected chi connectivity index (χ3v) is 4.98. The van der Waals surface area contributed by atoms with E-state index in [-0.39, 0.29) is 0 Å². The van der Waals surface area contributed by atoms with Crippen LogP contribution in [0.2, 0.25) is 0 Å². The first-order chi connectivity index (χ1) is 13.5. The summed E-state index contributed by atoms with van der Waals surface area (Å²) in [5, 5.41) is 6.86. The summed E-state index contributed by atoms with van der Waals surface area (Å²) < 4.78 is 15.0. The predicted octanol–water partition coefficient (Wildman–Crippen LogP) is 5.04. The molecular weight excluding hydrogens is 440 g/mol. The summed E-state index contributed by atoms with van der Waals surface area (Å²) in [5.41, 5.74) is 6.61. The number of H-pyrrole nitrogens is 1. The first-order valence-electron chi connectivity index (χ1n) is 8.99. The summed E-state index contributed by atoms with van der Waals surface area (Å²) in [6.07, 6.45) is 0. The fraction of sp³-hybridized carbons (Fsp3) is 0.300. The van der Waals surface area contributed by atoms with Crippen LogP contribution in [0.4, 0.5) is 0 Å². The Balaban J connectivity index is 1.78. The van der Waals surface area contributed by atoms with Gasteiger partial charge in [0.1, 0.15) is 12.4 Å². The van der Waals surface area contributed by atoms with Gasteiger partial charge in [0.2, 0.25) is 4.77 Å². The van der Waals surface area contributed by atoms with Gasteiger partial charge in [-0.3, -0.25) is 5.10 Å². The lowest BCUT2D eigenvalue weighted by atomic mass is 10.1. The highest BCUT2D eigenvalue weighted by atomic mass is 79.9. The molecule has 0 radical (unpaired) electrons. The van der Waals surface area contributed by atoms with E-state index in [0.29, 0.717) is 36.0 Å². The number of benzene rings is 2. The first-order valence-corrected chi connectivity index (χ1v) is 10.2. The van der Waals surface area contributed by atoms with Crippen molar-refractivity contribution in [2.24, 2.45) is 0 Å². The van der Waals surface area contributed by atoms with E-state index in [1.54, 1.807) is 4.68 Å². The average molecular weight is 463 g/mol. The van der Waals surface area contributed by atoms with Crippen LogP contribution in [-0.4, -0.2) is 21.5 Å². The zero-order valence-electron chi connectivity index (χ0n) is 16.1. The minimum Gasteiger partial charge on any atom is -0.490 e. The second kappa shape index (κ2) is 9.25. The fourth-order valence-electron chi connectivity index (χ4n) is 2.82. The Morgan fingerprint density at radius 1 is 1.18 bits per heavy atom. The molecule has 0 aliphatic rings. The molecule has 6 nitrogen and oxygen atoms in total. The number of nitrogens with zero attached hydrogens (tertiary/aromatic N) is 2.